The molecule has 0 unspecified atom stereocenters. The maximum Gasteiger partial charge on any atom is 0.298 e. The molecule has 5 heteroatoms. The molecule has 0 nitrogen and oxygen atoms in total. The predicted octanol–water partition coefficient (Wildman–Crippen LogP) is 3.09. The summed E-state index contributed by atoms with van der Waals surface area (Å²) in [6.07, 6.45) is -3.37. The van der Waals surface area contributed by atoms with E-state index < -0.39 is 12.4 Å². The van der Waals surface area contributed by atoms with E-state index in [-0.39, 0.29) is 12.7 Å². The molecular weight excluding hydrogens is 143 g/mol. The van der Waals surface area contributed by atoms with Gasteiger partial charge in [-0.2, -0.15) is 8.78 Å². The van der Waals surface area contributed by atoms with Crippen molar-refractivity contribution in [3.05, 3.63) is 25.1 Å². The van der Waals surface area contributed by atoms with Crippen molar-refractivity contribution in [1.29, 1.82) is 0 Å². The van der Waals surface area contributed by atoms with E-state index in [9.17, 15) is 22.0 Å². The topological polar surface area (TPSA) is 0 Å². The summed E-state index contributed by atoms with van der Waals surface area (Å²) in [4.78, 5) is 0. The van der Waals surface area contributed by atoms with Crippen molar-refractivity contribution in [2.75, 3.05) is 0 Å². The molecule has 0 bridgehead atoms. The van der Waals surface area contributed by atoms with Gasteiger partial charge in [0.15, 0.2) is 6.33 Å². The van der Waals surface area contributed by atoms with E-state index >= 15 is 0 Å². The number of rotatable bonds is 0. The standard InChI is InChI=1S/C2HF3.C2H2F2/c3-1-2(4)5;3-1-2-4/h1H;1-2H. The summed E-state index contributed by atoms with van der Waals surface area (Å²) in [7, 11) is 0. The lowest BCUT2D eigenvalue weighted by Gasteiger charge is -1.59. The molecule has 0 spiro atoms. The molecule has 0 amide bonds. The van der Waals surface area contributed by atoms with Crippen LogP contribution in [0.1, 0.15) is 0 Å². The summed E-state index contributed by atoms with van der Waals surface area (Å²) in [6, 6.07) is 0. The van der Waals surface area contributed by atoms with E-state index in [2.05, 4.69) is 0 Å². The molecule has 0 aliphatic rings. The van der Waals surface area contributed by atoms with Crippen LogP contribution < -0.4 is 0 Å². The van der Waals surface area contributed by atoms with E-state index in [1.165, 1.54) is 0 Å². The van der Waals surface area contributed by atoms with Crippen molar-refractivity contribution < 1.29 is 22.0 Å². The zero-order valence-corrected chi connectivity index (χ0v) is 4.12. The van der Waals surface area contributed by atoms with Gasteiger partial charge >= 0.3 is 0 Å². The summed E-state index contributed by atoms with van der Waals surface area (Å²) in [5.74, 6) is 0. The van der Waals surface area contributed by atoms with Crippen molar-refractivity contribution in [2.45, 2.75) is 0 Å². The first-order valence-corrected chi connectivity index (χ1v) is 1.65. The number of hydrogen-bond donors (Lipinski definition) is 0. The van der Waals surface area contributed by atoms with Crippen LogP contribution in [0.25, 0.3) is 0 Å². The third-order valence-corrected chi connectivity index (χ3v) is 0.130. The van der Waals surface area contributed by atoms with Gasteiger partial charge in [0.1, 0.15) is 12.7 Å². The third kappa shape index (κ3) is 41.4. The minimum atomic E-state index is -2.29. The average molecular weight is 146 g/mol. The highest BCUT2D eigenvalue weighted by Gasteiger charge is 1.78. The van der Waals surface area contributed by atoms with E-state index in [1.807, 2.05) is 0 Å². The maximum absolute atomic E-state index is 10.2. The molecule has 0 aromatic heterocycles. The Morgan fingerprint density at radius 2 is 1.11 bits per heavy atom. The fourth-order valence-corrected chi connectivity index (χ4v) is 0. The minimum absolute atomic E-state index is 0.167. The summed E-state index contributed by atoms with van der Waals surface area (Å²) >= 11 is 0. The Balaban J connectivity index is 0. The predicted molar refractivity (Wildman–Crippen MR) is 22.8 cm³/mol. The molecule has 0 saturated heterocycles. The first kappa shape index (κ1) is 11.0. The van der Waals surface area contributed by atoms with E-state index in [1.54, 1.807) is 0 Å². The van der Waals surface area contributed by atoms with Crippen LogP contribution in [0.4, 0.5) is 22.0 Å². The molecule has 0 N–H and O–H groups in total. The van der Waals surface area contributed by atoms with Gasteiger partial charge in [0.05, 0.1) is 0 Å². The van der Waals surface area contributed by atoms with Gasteiger partial charge in [-0.3, -0.25) is 0 Å². The van der Waals surface area contributed by atoms with Crippen LogP contribution in [-0.4, -0.2) is 0 Å². The normalized spacial score (nSPS) is 8.11. The molecule has 0 atom stereocenters. The SMILES string of the molecule is FC=C(F)F.FC=CF. The Kier molecular flexibility index (Phi) is 12.4. The van der Waals surface area contributed by atoms with E-state index in [0.717, 1.165) is 0 Å². The molecule has 0 aliphatic carbocycles. The lowest BCUT2D eigenvalue weighted by molar-refractivity contribution is 0.400. The van der Waals surface area contributed by atoms with Crippen molar-refractivity contribution in [1.82, 2.24) is 0 Å². The van der Waals surface area contributed by atoms with Crippen molar-refractivity contribution in [3.8, 4) is 0 Å². The molecule has 0 aromatic carbocycles. The van der Waals surface area contributed by atoms with Crippen molar-refractivity contribution in [2.24, 2.45) is 0 Å². The number of hydrogen-bond acceptors (Lipinski definition) is 0. The molecule has 54 valence electrons. The Morgan fingerprint density at radius 1 is 0.889 bits per heavy atom. The van der Waals surface area contributed by atoms with Gasteiger partial charge in [0, 0.05) is 0 Å². The van der Waals surface area contributed by atoms with Gasteiger partial charge in [-0.15, -0.1) is 0 Å². The molecule has 0 rings (SSSR count). The molecule has 0 saturated carbocycles. The fourth-order valence-electron chi connectivity index (χ4n) is 0. The maximum atomic E-state index is 10.2. The first-order chi connectivity index (χ1) is 4.18. The third-order valence-electron chi connectivity index (χ3n) is 0.130. The van der Waals surface area contributed by atoms with Crippen molar-refractivity contribution >= 4 is 0 Å². The van der Waals surface area contributed by atoms with Crippen LogP contribution in [-0.2, 0) is 0 Å². The summed E-state index contributed by atoms with van der Waals surface area (Å²) in [6.45, 7) is 0. The monoisotopic (exact) mass is 146 g/mol. The Labute approximate surface area is 48.3 Å². The Bertz CT molecular complexity index is 87.1. The second-order valence-corrected chi connectivity index (χ2v) is 0.651. The van der Waals surface area contributed by atoms with Gasteiger partial charge in [0.2, 0.25) is 0 Å². The molecule has 0 fully saturated rings. The van der Waals surface area contributed by atoms with Crippen LogP contribution in [0.15, 0.2) is 25.1 Å². The Morgan fingerprint density at radius 3 is 1.11 bits per heavy atom. The lowest BCUT2D eigenvalue weighted by atomic mass is 11.1. The second-order valence-electron chi connectivity index (χ2n) is 0.651. The molecule has 0 heterocycles. The smallest absolute Gasteiger partial charge is 0.213 e. The number of halogens is 5. The van der Waals surface area contributed by atoms with Gasteiger partial charge in [-0.25, -0.2) is 13.2 Å². The highest BCUT2D eigenvalue weighted by atomic mass is 19.3. The first-order valence-electron chi connectivity index (χ1n) is 1.65. The van der Waals surface area contributed by atoms with Crippen LogP contribution in [0, 0.1) is 0 Å². The van der Waals surface area contributed by atoms with Gasteiger partial charge in [-0.05, 0) is 0 Å². The quantitative estimate of drug-likeness (QED) is 0.460. The largest absolute Gasteiger partial charge is 0.298 e. The second kappa shape index (κ2) is 10.2. The van der Waals surface area contributed by atoms with E-state index in [4.69, 9.17) is 0 Å². The molecule has 9 heavy (non-hydrogen) atoms. The minimum Gasteiger partial charge on any atom is -0.213 e. The molecule has 0 aromatic rings. The zero-order valence-electron chi connectivity index (χ0n) is 4.12. The Hall–Kier alpha value is -0.870. The van der Waals surface area contributed by atoms with Crippen LogP contribution in [0.5, 0.6) is 0 Å². The van der Waals surface area contributed by atoms with Gasteiger partial charge in [0.25, 0.3) is 6.08 Å². The van der Waals surface area contributed by atoms with Crippen LogP contribution >= 0.6 is 0 Å². The highest BCUT2D eigenvalue weighted by Crippen LogP contribution is 1.93. The molecular formula is C4H3F5. The summed E-state index contributed by atoms with van der Waals surface area (Å²) < 4.78 is 51.0. The fraction of sp³-hybridized carbons (Fsp3) is 0. The van der Waals surface area contributed by atoms with Crippen LogP contribution in [0.3, 0.4) is 0 Å². The van der Waals surface area contributed by atoms with Crippen LogP contribution in [0.2, 0.25) is 0 Å². The van der Waals surface area contributed by atoms with E-state index in [0.29, 0.717) is 0 Å². The van der Waals surface area contributed by atoms with Gasteiger partial charge in [-0.1, -0.05) is 0 Å². The zero-order chi connectivity index (χ0) is 7.70. The summed E-state index contributed by atoms with van der Waals surface area (Å²) in [5.41, 5.74) is 0. The highest BCUT2D eigenvalue weighted by molar-refractivity contribution is 4.66. The van der Waals surface area contributed by atoms with Gasteiger partial charge < -0.3 is 0 Å². The molecule has 0 radical (unpaired) electrons. The summed E-state index contributed by atoms with van der Waals surface area (Å²) in [5, 5.41) is 0. The average Bonchev–Trinajstić information content (AvgIpc) is 1.89. The molecule has 0 aliphatic heterocycles. The lowest BCUT2D eigenvalue weighted by Crippen LogP contribution is -1.42. The van der Waals surface area contributed by atoms with Crippen molar-refractivity contribution in [3.63, 3.8) is 0 Å².